The third-order valence-electron chi connectivity index (χ3n) is 3.32. The fraction of sp³-hybridized carbons (Fsp3) is 0.818. The number of ketones is 1. The minimum Gasteiger partial charge on any atom is -0.376 e. The van der Waals surface area contributed by atoms with Gasteiger partial charge in [0.05, 0.1) is 12.1 Å². The Kier molecular flexibility index (Phi) is 3.05. The predicted octanol–water partition coefficient (Wildman–Crippen LogP) is 0.745. The summed E-state index contributed by atoms with van der Waals surface area (Å²) in [6.45, 7) is 3.33. The van der Waals surface area contributed by atoms with Gasteiger partial charge in [-0.15, -0.1) is 0 Å². The highest BCUT2D eigenvalue weighted by atomic mass is 16.5. The first kappa shape index (κ1) is 10.6. The molecule has 2 fully saturated rings. The molecule has 0 aromatic heterocycles. The number of amides is 1. The molecule has 0 spiro atoms. The van der Waals surface area contributed by atoms with E-state index in [0.717, 1.165) is 25.9 Å². The van der Waals surface area contributed by atoms with Crippen LogP contribution < -0.4 is 0 Å². The van der Waals surface area contributed by atoms with Crippen LogP contribution in [0.15, 0.2) is 0 Å². The highest BCUT2D eigenvalue weighted by Gasteiger charge is 2.36. The molecule has 0 radical (unpaired) electrons. The summed E-state index contributed by atoms with van der Waals surface area (Å²) in [6, 6.07) is 0.0456. The van der Waals surface area contributed by atoms with Crippen molar-refractivity contribution in [3.8, 4) is 0 Å². The summed E-state index contributed by atoms with van der Waals surface area (Å²) >= 11 is 0. The van der Waals surface area contributed by atoms with Crippen LogP contribution in [0.25, 0.3) is 0 Å². The molecule has 4 nitrogen and oxygen atoms in total. The van der Waals surface area contributed by atoms with Crippen molar-refractivity contribution in [2.45, 2.75) is 44.8 Å². The standard InChI is InChI=1S/C11H17NO3/c1-8(10-4-2-3-7-15-10)12-6-5-9(13)11(12)14/h8,10H,2-7H2,1H3. The lowest BCUT2D eigenvalue weighted by Crippen LogP contribution is -2.45. The van der Waals surface area contributed by atoms with Crippen LogP contribution in [-0.2, 0) is 14.3 Å². The van der Waals surface area contributed by atoms with Crippen molar-refractivity contribution in [1.82, 2.24) is 4.90 Å². The Morgan fingerprint density at radius 3 is 2.73 bits per heavy atom. The molecule has 84 valence electrons. The molecule has 0 aromatic rings. The third-order valence-corrected chi connectivity index (χ3v) is 3.32. The van der Waals surface area contributed by atoms with Crippen LogP contribution in [0, 0.1) is 0 Å². The first-order chi connectivity index (χ1) is 7.20. The van der Waals surface area contributed by atoms with Crippen LogP contribution in [-0.4, -0.2) is 41.9 Å². The molecule has 2 aliphatic heterocycles. The Balaban J connectivity index is 1.97. The molecule has 2 heterocycles. The maximum Gasteiger partial charge on any atom is 0.290 e. The van der Waals surface area contributed by atoms with Gasteiger partial charge in [0, 0.05) is 19.6 Å². The van der Waals surface area contributed by atoms with E-state index in [1.807, 2.05) is 6.92 Å². The van der Waals surface area contributed by atoms with Crippen LogP contribution in [0.2, 0.25) is 0 Å². The van der Waals surface area contributed by atoms with Crippen LogP contribution in [0.5, 0.6) is 0 Å². The highest BCUT2D eigenvalue weighted by molar-refractivity contribution is 6.37. The maximum atomic E-state index is 11.5. The van der Waals surface area contributed by atoms with E-state index in [2.05, 4.69) is 0 Å². The first-order valence-corrected chi connectivity index (χ1v) is 5.65. The van der Waals surface area contributed by atoms with E-state index in [4.69, 9.17) is 4.74 Å². The van der Waals surface area contributed by atoms with E-state index in [1.54, 1.807) is 4.90 Å². The Bertz CT molecular complexity index is 271. The molecule has 1 amide bonds. The Hall–Kier alpha value is -0.900. The van der Waals surface area contributed by atoms with E-state index in [-0.39, 0.29) is 23.8 Å². The normalized spacial score (nSPS) is 29.7. The number of carbonyl (C=O) groups excluding carboxylic acids is 2. The van der Waals surface area contributed by atoms with Crippen molar-refractivity contribution in [2.24, 2.45) is 0 Å². The summed E-state index contributed by atoms with van der Waals surface area (Å²) in [6.07, 6.45) is 3.75. The Labute approximate surface area is 89.6 Å². The SMILES string of the molecule is CC(C1CCCCO1)N1CCC(=O)C1=O. The van der Waals surface area contributed by atoms with E-state index in [1.165, 1.54) is 0 Å². The number of likely N-dealkylation sites (tertiary alicyclic amines) is 1. The molecular weight excluding hydrogens is 194 g/mol. The van der Waals surface area contributed by atoms with Gasteiger partial charge in [-0.1, -0.05) is 0 Å². The monoisotopic (exact) mass is 211 g/mol. The molecule has 0 bridgehead atoms. The lowest BCUT2D eigenvalue weighted by atomic mass is 10.0. The zero-order chi connectivity index (χ0) is 10.8. The second kappa shape index (κ2) is 4.31. The van der Waals surface area contributed by atoms with E-state index < -0.39 is 0 Å². The topological polar surface area (TPSA) is 46.6 Å². The minimum absolute atomic E-state index is 0.0456. The van der Waals surface area contributed by atoms with Crippen LogP contribution in [0.1, 0.15) is 32.6 Å². The lowest BCUT2D eigenvalue weighted by molar-refractivity contribution is -0.143. The van der Waals surface area contributed by atoms with Crippen molar-refractivity contribution >= 4 is 11.7 Å². The maximum absolute atomic E-state index is 11.5. The summed E-state index contributed by atoms with van der Waals surface area (Å²) in [5.74, 6) is -0.575. The summed E-state index contributed by atoms with van der Waals surface area (Å²) in [7, 11) is 0. The highest BCUT2D eigenvalue weighted by Crippen LogP contribution is 2.22. The van der Waals surface area contributed by atoms with Gasteiger partial charge in [-0.2, -0.15) is 0 Å². The quantitative estimate of drug-likeness (QED) is 0.633. The number of hydrogen-bond acceptors (Lipinski definition) is 3. The molecule has 2 aliphatic rings. The predicted molar refractivity (Wildman–Crippen MR) is 54.4 cm³/mol. The van der Waals surface area contributed by atoms with Gasteiger partial charge in [-0.25, -0.2) is 0 Å². The molecule has 4 heteroatoms. The molecule has 15 heavy (non-hydrogen) atoms. The van der Waals surface area contributed by atoms with Gasteiger partial charge in [-0.3, -0.25) is 9.59 Å². The second-order valence-corrected chi connectivity index (χ2v) is 4.32. The van der Waals surface area contributed by atoms with Crippen LogP contribution >= 0.6 is 0 Å². The van der Waals surface area contributed by atoms with Gasteiger partial charge in [0.15, 0.2) is 0 Å². The van der Waals surface area contributed by atoms with Crippen molar-refractivity contribution in [2.75, 3.05) is 13.2 Å². The largest absolute Gasteiger partial charge is 0.376 e. The average Bonchev–Trinajstić information content (AvgIpc) is 2.60. The summed E-state index contributed by atoms with van der Waals surface area (Å²) in [5, 5.41) is 0. The van der Waals surface area contributed by atoms with Gasteiger partial charge >= 0.3 is 0 Å². The average molecular weight is 211 g/mol. The number of carbonyl (C=O) groups is 2. The fourth-order valence-electron chi connectivity index (χ4n) is 2.33. The van der Waals surface area contributed by atoms with Gasteiger partial charge in [0.25, 0.3) is 5.91 Å². The fourth-order valence-corrected chi connectivity index (χ4v) is 2.33. The lowest BCUT2D eigenvalue weighted by Gasteiger charge is -2.33. The van der Waals surface area contributed by atoms with Gasteiger partial charge < -0.3 is 9.64 Å². The van der Waals surface area contributed by atoms with Crippen molar-refractivity contribution in [3.63, 3.8) is 0 Å². The molecule has 0 N–H and O–H groups in total. The summed E-state index contributed by atoms with van der Waals surface area (Å²) in [4.78, 5) is 24.3. The molecule has 2 unspecified atom stereocenters. The van der Waals surface area contributed by atoms with Gasteiger partial charge in [0.1, 0.15) is 0 Å². The van der Waals surface area contributed by atoms with Crippen LogP contribution in [0.3, 0.4) is 0 Å². The first-order valence-electron chi connectivity index (χ1n) is 5.65. The zero-order valence-corrected chi connectivity index (χ0v) is 9.07. The summed E-state index contributed by atoms with van der Waals surface area (Å²) in [5.41, 5.74) is 0. The molecule has 0 aliphatic carbocycles. The van der Waals surface area contributed by atoms with Crippen molar-refractivity contribution in [3.05, 3.63) is 0 Å². The molecule has 0 saturated carbocycles. The molecular formula is C11H17NO3. The summed E-state index contributed by atoms with van der Waals surface area (Å²) < 4.78 is 5.63. The van der Waals surface area contributed by atoms with Crippen molar-refractivity contribution < 1.29 is 14.3 Å². The number of hydrogen-bond donors (Lipinski definition) is 0. The Morgan fingerprint density at radius 2 is 2.20 bits per heavy atom. The molecule has 2 saturated heterocycles. The minimum atomic E-state index is -0.323. The third kappa shape index (κ3) is 2.04. The van der Waals surface area contributed by atoms with Gasteiger partial charge in [-0.05, 0) is 26.2 Å². The zero-order valence-electron chi connectivity index (χ0n) is 9.07. The van der Waals surface area contributed by atoms with E-state index in [9.17, 15) is 9.59 Å². The number of Topliss-reactive ketones (excluding diaryl/α,β-unsaturated/α-hetero) is 1. The Morgan fingerprint density at radius 1 is 1.40 bits per heavy atom. The molecule has 0 aromatic carbocycles. The number of rotatable bonds is 2. The van der Waals surface area contributed by atoms with Crippen LogP contribution in [0.4, 0.5) is 0 Å². The van der Waals surface area contributed by atoms with Gasteiger partial charge in [0.2, 0.25) is 5.78 Å². The molecule has 2 rings (SSSR count). The smallest absolute Gasteiger partial charge is 0.290 e. The molecule has 2 atom stereocenters. The van der Waals surface area contributed by atoms with E-state index in [0.29, 0.717) is 13.0 Å². The van der Waals surface area contributed by atoms with E-state index >= 15 is 0 Å². The second-order valence-electron chi connectivity index (χ2n) is 4.32. The van der Waals surface area contributed by atoms with Crippen molar-refractivity contribution in [1.29, 1.82) is 0 Å². The number of nitrogens with zero attached hydrogens (tertiary/aromatic N) is 1. The number of ether oxygens (including phenoxy) is 1.